The van der Waals surface area contributed by atoms with E-state index < -0.39 is 26.5 Å². The molecule has 0 saturated heterocycles. The molecule has 0 aliphatic heterocycles. The van der Waals surface area contributed by atoms with Crippen LogP contribution in [0.2, 0.25) is 0 Å². The smallest absolute Gasteiger partial charge is 0.462 e. The van der Waals surface area contributed by atoms with Gasteiger partial charge in [0.05, 0.1) is 27.7 Å². The fourth-order valence-corrected chi connectivity index (χ4v) is 13.3. The van der Waals surface area contributed by atoms with Gasteiger partial charge >= 0.3 is 19.8 Å². The van der Waals surface area contributed by atoms with Crippen molar-refractivity contribution in [1.29, 1.82) is 0 Å². The van der Waals surface area contributed by atoms with Gasteiger partial charge in [0.25, 0.3) is 0 Å². The Labute approximate surface area is 562 Å². The zero-order valence-electron chi connectivity index (χ0n) is 61.4. The molecule has 0 fully saturated rings. The SMILES string of the molecule is CCCCCCCCCC/C=C\CCCCCCCCCCCCCCCCCC(=O)OC(COC(=O)CCCCCCCCCCCCCCCCCCCCCCCCCCCCCCCCCCCCCCCCC)COP(=O)(O)OCC[N+](C)(C)C. The number of likely N-dealkylation sites (N-methyl/N-ethyl adjacent to an activating group) is 1. The summed E-state index contributed by atoms with van der Waals surface area (Å²) < 4.78 is 34.8. The number of carbonyl (C=O) groups excluding carboxylic acids is 2. The number of allylic oxidation sites excluding steroid dienone is 2. The summed E-state index contributed by atoms with van der Waals surface area (Å²) in [5, 5.41) is 0. The molecule has 0 rings (SSSR count). The fourth-order valence-electron chi connectivity index (χ4n) is 12.6. The predicted octanol–water partition coefficient (Wildman–Crippen LogP) is 26.6. The molecule has 0 radical (unpaired) electrons. The molecule has 9 nitrogen and oxygen atoms in total. The van der Waals surface area contributed by atoms with Gasteiger partial charge < -0.3 is 18.9 Å². The standard InChI is InChI=1S/C80H158NO8P/c1-6-8-10-12-14-16-18-20-22-24-26-28-30-32-34-35-36-37-38-39-40-41-42-43-44-45-47-48-50-52-54-56-58-60-62-64-66-68-70-72-79(82)86-76-78(77-88-90(84,85)87-75-74-81(3,4)5)89-80(83)73-71-69-67-65-63-61-59-57-55-53-51-49-46-33-31-29-27-25-23-21-19-17-15-13-11-9-7-2/h25,27,78H,6-24,26,28-77H2,1-5H3/p+1/b27-25-. The van der Waals surface area contributed by atoms with E-state index in [4.69, 9.17) is 18.5 Å². The molecule has 0 aromatic carbocycles. The van der Waals surface area contributed by atoms with E-state index >= 15 is 0 Å². The lowest BCUT2D eigenvalue weighted by molar-refractivity contribution is -0.870. The van der Waals surface area contributed by atoms with E-state index in [1.165, 1.54) is 372 Å². The van der Waals surface area contributed by atoms with Gasteiger partial charge in [0, 0.05) is 12.8 Å². The van der Waals surface area contributed by atoms with Crippen LogP contribution in [0.3, 0.4) is 0 Å². The number of carbonyl (C=O) groups is 2. The van der Waals surface area contributed by atoms with Crippen LogP contribution in [0, 0.1) is 0 Å². The minimum Gasteiger partial charge on any atom is -0.462 e. The molecule has 2 unspecified atom stereocenters. The van der Waals surface area contributed by atoms with Crippen molar-refractivity contribution in [2.75, 3.05) is 47.5 Å². The molecule has 0 spiro atoms. The molecule has 90 heavy (non-hydrogen) atoms. The number of rotatable bonds is 77. The Balaban J connectivity index is 3.86. The summed E-state index contributed by atoms with van der Waals surface area (Å²) in [7, 11) is 1.51. The number of hydrogen-bond donors (Lipinski definition) is 1. The maximum Gasteiger partial charge on any atom is 0.472 e. The summed E-state index contributed by atoms with van der Waals surface area (Å²) in [6, 6.07) is 0. The number of phosphoric acid groups is 1. The van der Waals surface area contributed by atoms with E-state index in [9.17, 15) is 19.0 Å². The number of unbranched alkanes of at least 4 members (excludes halogenated alkanes) is 61. The normalized spacial score (nSPS) is 13.0. The number of phosphoric ester groups is 1. The highest BCUT2D eigenvalue weighted by Gasteiger charge is 2.27. The highest BCUT2D eigenvalue weighted by Crippen LogP contribution is 2.43. The number of hydrogen-bond acceptors (Lipinski definition) is 7. The van der Waals surface area contributed by atoms with Crippen molar-refractivity contribution in [2.45, 2.75) is 444 Å². The molecule has 10 heteroatoms. The Morgan fingerprint density at radius 3 is 0.822 bits per heavy atom. The maximum absolute atomic E-state index is 12.9. The Morgan fingerprint density at radius 2 is 0.567 bits per heavy atom. The second-order valence-electron chi connectivity index (χ2n) is 29.2. The summed E-state index contributed by atoms with van der Waals surface area (Å²) in [5.41, 5.74) is 0. The lowest BCUT2D eigenvalue weighted by Crippen LogP contribution is -2.37. The molecule has 1 N–H and O–H groups in total. The number of quaternary nitrogens is 1. The summed E-state index contributed by atoms with van der Waals surface area (Å²) in [6.45, 7) is 4.53. The Bertz CT molecular complexity index is 1520. The van der Waals surface area contributed by atoms with E-state index in [0.717, 1.165) is 32.1 Å². The first-order chi connectivity index (χ1) is 44.0. The van der Waals surface area contributed by atoms with Crippen LogP contribution in [0.15, 0.2) is 12.2 Å². The van der Waals surface area contributed by atoms with Crippen molar-refractivity contribution >= 4 is 19.8 Å². The van der Waals surface area contributed by atoms with E-state index in [1.807, 2.05) is 21.1 Å². The molecule has 0 aliphatic rings. The van der Waals surface area contributed by atoms with Crippen LogP contribution in [0.25, 0.3) is 0 Å². The predicted molar refractivity (Wildman–Crippen MR) is 391 cm³/mol. The van der Waals surface area contributed by atoms with Gasteiger partial charge in [0.2, 0.25) is 0 Å². The van der Waals surface area contributed by atoms with Gasteiger partial charge in [-0.25, -0.2) is 4.57 Å². The van der Waals surface area contributed by atoms with Crippen LogP contribution in [0.1, 0.15) is 438 Å². The third-order valence-corrected chi connectivity index (χ3v) is 19.8. The number of ether oxygens (including phenoxy) is 2. The Hall–Kier alpha value is -1.25. The van der Waals surface area contributed by atoms with Gasteiger partial charge in [-0.1, -0.05) is 398 Å². The largest absolute Gasteiger partial charge is 0.472 e. The van der Waals surface area contributed by atoms with Crippen LogP contribution >= 0.6 is 7.82 Å². The Kier molecular flexibility index (Phi) is 71.0. The van der Waals surface area contributed by atoms with Gasteiger partial charge in [0.1, 0.15) is 19.8 Å². The monoisotopic (exact) mass is 1290 g/mol. The third kappa shape index (κ3) is 75.8. The minimum absolute atomic E-state index is 0.0364. The van der Waals surface area contributed by atoms with Crippen molar-refractivity contribution in [2.24, 2.45) is 0 Å². The highest BCUT2D eigenvalue weighted by molar-refractivity contribution is 7.47. The molecule has 0 aliphatic carbocycles. The molecule has 0 heterocycles. The van der Waals surface area contributed by atoms with Gasteiger partial charge in [-0.15, -0.1) is 0 Å². The minimum atomic E-state index is -4.39. The summed E-state index contributed by atoms with van der Waals surface area (Å²) in [5.74, 6) is -0.769. The van der Waals surface area contributed by atoms with Gasteiger partial charge in [-0.3, -0.25) is 18.6 Å². The average Bonchev–Trinajstić information content (AvgIpc) is 3.61. The quantitative estimate of drug-likeness (QED) is 0.0211. The lowest BCUT2D eigenvalue weighted by atomic mass is 10.0. The van der Waals surface area contributed by atoms with Crippen molar-refractivity contribution in [3.05, 3.63) is 12.2 Å². The zero-order chi connectivity index (χ0) is 65.5. The highest BCUT2D eigenvalue weighted by atomic mass is 31.2. The molecular formula is C80H159NO8P+. The van der Waals surface area contributed by atoms with Crippen LogP contribution in [0.5, 0.6) is 0 Å². The second kappa shape index (κ2) is 72.0. The van der Waals surface area contributed by atoms with Gasteiger partial charge in [-0.05, 0) is 38.5 Å². The maximum atomic E-state index is 12.9. The molecule has 536 valence electrons. The summed E-state index contributed by atoms with van der Waals surface area (Å²) >= 11 is 0. The Morgan fingerprint density at radius 1 is 0.333 bits per heavy atom. The number of nitrogens with zero attached hydrogens (tertiary/aromatic N) is 1. The van der Waals surface area contributed by atoms with Crippen molar-refractivity contribution in [1.82, 2.24) is 0 Å². The second-order valence-corrected chi connectivity index (χ2v) is 30.6. The first kappa shape index (κ1) is 88.8. The molecule has 0 saturated carbocycles. The molecule has 2 atom stereocenters. The van der Waals surface area contributed by atoms with Crippen LogP contribution < -0.4 is 0 Å². The number of esters is 2. The third-order valence-electron chi connectivity index (χ3n) is 18.8. The van der Waals surface area contributed by atoms with E-state index in [-0.39, 0.29) is 25.6 Å². The van der Waals surface area contributed by atoms with Gasteiger partial charge in [-0.2, -0.15) is 0 Å². The van der Waals surface area contributed by atoms with E-state index in [2.05, 4.69) is 26.0 Å². The molecule has 0 aromatic heterocycles. The van der Waals surface area contributed by atoms with Crippen LogP contribution in [-0.4, -0.2) is 74.9 Å². The van der Waals surface area contributed by atoms with Crippen molar-refractivity contribution in [3.8, 4) is 0 Å². The van der Waals surface area contributed by atoms with Crippen LogP contribution in [0.4, 0.5) is 0 Å². The fraction of sp³-hybridized carbons (Fsp3) is 0.950. The molecular weight excluding hydrogens is 1130 g/mol. The van der Waals surface area contributed by atoms with Crippen LogP contribution in [-0.2, 0) is 32.7 Å². The molecule has 0 amide bonds. The summed E-state index contributed by atoms with van der Waals surface area (Å²) in [6.07, 6.45) is 90.9. The van der Waals surface area contributed by atoms with Crippen molar-refractivity contribution < 1.29 is 42.1 Å². The first-order valence-corrected chi connectivity index (χ1v) is 41.9. The first-order valence-electron chi connectivity index (χ1n) is 40.4. The summed E-state index contributed by atoms with van der Waals surface area (Å²) in [4.78, 5) is 36.0. The average molecular weight is 1290 g/mol. The van der Waals surface area contributed by atoms with Crippen molar-refractivity contribution in [3.63, 3.8) is 0 Å². The molecule has 0 bridgehead atoms. The van der Waals surface area contributed by atoms with Gasteiger partial charge in [0.15, 0.2) is 6.10 Å². The lowest BCUT2D eigenvalue weighted by Gasteiger charge is -2.24. The van der Waals surface area contributed by atoms with E-state index in [0.29, 0.717) is 23.9 Å². The molecule has 0 aromatic rings. The topological polar surface area (TPSA) is 108 Å². The van der Waals surface area contributed by atoms with E-state index in [1.54, 1.807) is 0 Å². The zero-order valence-corrected chi connectivity index (χ0v) is 62.3.